The Hall–Kier alpha value is -2.04. The lowest BCUT2D eigenvalue weighted by Crippen LogP contribution is -2.39. The highest BCUT2D eigenvalue weighted by molar-refractivity contribution is 5.97. The van der Waals surface area contributed by atoms with Crippen molar-refractivity contribution in [3.63, 3.8) is 0 Å². The van der Waals surface area contributed by atoms with Crippen LogP contribution in [0.4, 0.5) is 10.5 Å². The third-order valence-corrected chi connectivity index (χ3v) is 3.37. The molecule has 0 saturated heterocycles. The van der Waals surface area contributed by atoms with Gasteiger partial charge in [-0.2, -0.15) is 0 Å². The van der Waals surface area contributed by atoms with Gasteiger partial charge in [0, 0.05) is 17.3 Å². The van der Waals surface area contributed by atoms with Crippen LogP contribution in [0.15, 0.2) is 24.3 Å². The molecule has 5 N–H and O–H groups in total. The Morgan fingerprint density at radius 1 is 1.26 bits per heavy atom. The van der Waals surface area contributed by atoms with Crippen molar-refractivity contribution < 1.29 is 4.79 Å². The molecule has 5 nitrogen and oxygen atoms in total. The van der Waals surface area contributed by atoms with Crippen LogP contribution in [0.1, 0.15) is 37.7 Å². The molecule has 0 unspecified atom stereocenters. The topological polar surface area (TPSA) is 91.0 Å². The van der Waals surface area contributed by atoms with Crippen LogP contribution in [0.3, 0.4) is 0 Å². The first-order chi connectivity index (χ1) is 9.15. The van der Waals surface area contributed by atoms with E-state index in [1.807, 2.05) is 0 Å². The van der Waals surface area contributed by atoms with Crippen molar-refractivity contribution in [2.45, 2.75) is 38.1 Å². The van der Waals surface area contributed by atoms with Gasteiger partial charge in [0.05, 0.1) is 0 Å². The minimum Gasteiger partial charge on any atom is -0.384 e. The number of amides is 2. The summed E-state index contributed by atoms with van der Waals surface area (Å²) < 4.78 is 0. The first kappa shape index (κ1) is 13.4. The number of carbonyl (C=O) groups excluding carboxylic acids is 1. The Balaban J connectivity index is 1.90. The van der Waals surface area contributed by atoms with E-state index >= 15 is 0 Å². The molecule has 2 amide bonds. The number of hydrogen-bond acceptors (Lipinski definition) is 2. The lowest BCUT2D eigenvalue weighted by molar-refractivity contribution is 0.244. The number of amidine groups is 1. The monoisotopic (exact) mass is 260 g/mol. The van der Waals surface area contributed by atoms with E-state index in [1.54, 1.807) is 24.3 Å². The zero-order valence-corrected chi connectivity index (χ0v) is 10.9. The summed E-state index contributed by atoms with van der Waals surface area (Å²) in [5.74, 6) is -0.00339. The summed E-state index contributed by atoms with van der Waals surface area (Å²) in [7, 11) is 0. The third-order valence-electron chi connectivity index (χ3n) is 3.37. The Bertz CT molecular complexity index is 466. The highest BCUT2D eigenvalue weighted by atomic mass is 16.2. The molecule has 102 valence electrons. The van der Waals surface area contributed by atoms with Crippen LogP contribution in [-0.4, -0.2) is 17.9 Å². The molecule has 0 atom stereocenters. The average Bonchev–Trinajstić information content (AvgIpc) is 2.40. The van der Waals surface area contributed by atoms with E-state index in [4.69, 9.17) is 11.1 Å². The molecule has 1 saturated carbocycles. The minimum atomic E-state index is -0.187. The maximum atomic E-state index is 11.9. The van der Waals surface area contributed by atoms with E-state index in [9.17, 15) is 4.79 Å². The number of carbonyl (C=O) groups is 1. The Kier molecular flexibility index (Phi) is 4.39. The zero-order valence-electron chi connectivity index (χ0n) is 10.9. The molecule has 1 aromatic carbocycles. The molecular weight excluding hydrogens is 240 g/mol. The smallest absolute Gasteiger partial charge is 0.319 e. The van der Waals surface area contributed by atoms with Crippen molar-refractivity contribution >= 4 is 17.6 Å². The summed E-state index contributed by atoms with van der Waals surface area (Å²) in [5, 5.41) is 13.1. The molecule has 1 aromatic rings. The van der Waals surface area contributed by atoms with Gasteiger partial charge in [0.2, 0.25) is 0 Å². The molecule has 0 aromatic heterocycles. The van der Waals surface area contributed by atoms with Crippen molar-refractivity contribution in [3.05, 3.63) is 29.8 Å². The molecule has 2 rings (SSSR count). The summed E-state index contributed by atoms with van der Waals surface area (Å²) in [6.07, 6.45) is 5.75. The van der Waals surface area contributed by atoms with E-state index in [0.29, 0.717) is 11.3 Å². The molecule has 1 aliphatic carbocycles. The van der Waals surface area contributed by atoms with Crippen LogP contribution >= 0.6 is 0 Å². The predicted octanol–water partition coefficient (Wildman–Crippen LogP) is 2.42. The van der Waals surface area contributed by atoms with Crippen LogP contribution in [0.25, 0.3) is 0 Å². The van der Waals surface area contributed by atoms with Crippen molar-refractivity contribution in [2.75, 3.05) is 5.32 Å². The summed E-state index contributed by atoms with van der Waals surface area (Å²) in [5.41, 5.74) is 6.68. The van der Waals surface area contributed by atoms with E-state index in [2.05, 4.69) is 10.6 Å². The normalized spacial score (nSPS) is 15.8. The largest absolute Gasteiger partial charge is 0.384 e. The van der Waals surface area contributed by atoms with Gasteiger partial charge >= 0.3 is 6.03 Å². The number of urea groups is 1. The Morgan fingerprint density at radius 2 is 2.00 bits per heavy atom. The number of hydrogen-bond donors (Lipinski definition) is 4. The number of nitrogens with one attached hydrogen (secondary N) is 3. The number of nitrogen functional groups attached to an aromatic ring is 1. The second-order valence-electron chi connectivity index (χ2n) is 4.93. The van der Waals surface area contributed by atoms with Crippen LogP contribution in [0, 0.1) is 5.41 Å². The highest BCUT2D eigenvalue weighted by Crippen LogP contribution is 2.17. The van der Waals surface area contributed by atoms with Crippen molar-refractivity contribution in [1.82, 2.24) is 5.32 Å². The van der Waals surface area contributed by atoms with Gasteiger partial charge in [-0.25, -0.2) is 4.79 Å². The van der Waals surface area contributed by atoms with Crippen LogP contribution in [0.2, 0.25) is 0 Å². The number of benzene rings is 1. The van der Waals surface area contributed by atoms with Crippen molar-refractivity contribution in [3.8, 4) is 0 Å². The minimum absolute atomic E-state index is 0.00339. The molecule has 0 aliphatic heterocycles. The molecule has 0 radical (unpaired) electrons. The van der Waals surface area contributed by atoms with Gasteiger partial charge in [0.15, 0.2) is 0 Å². The summed E-state index contributed by atoms with van der Waals surface area (Å²) in [6.45, 7) is 0. The molecule has 0 heterocycles. The fourth-order valence-corrected chi connectivity index (χ4v) is 2.36. The number of nitrogens with two attached hydrogens (primary N) is 1. The molecular formula is C14H20N4O. The maximum absolute atomic E-state index is 11.9. The van der Waals surface area contributed by atoms with Crippen LogP contribution in [0.5, 0.6) is 0 Å². The standard InChI is InChI=1S/C14H20N4O/c15-13(16)10-5-4-8-12(9-10)18-14(19)17-11-6-2-1-3-7-11/h4-5,8-9,11H,1-3,6-7H2,(H3,15,16)(H2,17,18,19). The fourth-order valence-electron chi connectivity index (χ4n) is 2.36. The van der Waals surface area contributed by atoms with Crippen molar-refractivity contribution in [1.29, 1.82) is 5.41 Å². The van der Waals surface area contributed by atoms with Gasteiger partial charge in [0.1, 0.15) is 5.84 Å². The van der Waals surface area contributed by atoms with E-state index in [0.717, 1.165) is 12.8 Å². The van der Waals surface area contributed by atoms with Gasteiger partial charge in [-0.15, -0.1) is 0 Å². The van der Waals surface area contributed by atoms with Gasteiger partial charge in [0.25, 0.3) is 0 Å². The maximum Gasteiger partial charge on any atom is 0.319 e. The van der Waals surface area contributed by atoms with E-state index in [1.165, 1.54) is 19.3 Å². The molecule has 0 bridgehead atoms. The fraction of sp³-hybridized carbons (Fsp3) is 0.429. The molecule has 1 fully saturated rings. The van der Waals surface area contributed by atoms with E-state index < -0.39 is 0 Å². The molecule has 5 heteroatoms. The quantitative estimate of drug-likeness (QED) is 0.496. The van der Waals surface area contributed by atoms with Crippen molar-refractivity contribution in [2.24, 2.45) is 5.73 Å². The summed E-state index contributed by atoms with van der Waals surface area (Å²) >= 11 is 0. The van der Waals surface area contributed by atoms with Gasteiger partial charge < -0.3 is 16.4 Å². The SMILES string of the molecule is N=C(N)c1cccc(NC(=O)NC2CCCCC2)c1. The average molecular weight is 260 g/mol. The second kappa shape index (κ2) is 6.22. The molecule has 0 spiro atoms. The first-order valence-electron chi connectivity index (χ1n) is 6.67. The highest BCUT2D eigenvalue weighted by Gasteiger charge is 2.15. The van der Waals surface area contributed by atoms with Gasteiger partial charge in [-0.3, -0.25) is 5.41 Å². The lowest BCUT2D eigenvalue weighted by atomic mass is 9.96. The third kappa shape index (κ3) is 3.98. The zero-order chi connectivity index (χ0) is 13.7. The molecule has 1 aliphatic rings. The van der Waals surface area contributed by atoms with Crippen LogP contribution < -0.4 is 16.4 Å². The van der Waals surface area contributed by atoms with E-state index in [-0.39, 0.29) is 17.9 Å². The second-order valence-corrected chi connectivity index (χ2v) is 4.93. The Morgan fingerprint density at radius 3 is 2.68 bits per heavy atom. The Labute approximate surface area is 113 Å². The predicted molar refractivity (Wildman–Crippen MR) is 76.5 cm³/mol. The number of anilines is 1. The first-order valence-corrected chi connectivity index (χ1v) is 6.67. The lowest BCUT2D eigenvalue weighted by Gasteiger charge is -2.22. The van der Waals surface area contributed by atoms with Crippen LogP contribution in [-0.2, 0) is 0 Å². The molecule has 19 heavy (non-hydrogen) atoms. The van der Waals surface area contributed by atoms with Gasteiger partial charge in [-0.1, -0.05) is 31.4 Å². The number of rotatable bonds is 3. The summed E-state index contributed by atoms with van der Waals surface area (Å²) in [6, 6.07) is 7.09. The van der Waals surface area contributed by atoms with Gasteiger partial charge in [-0.05, 0) is 25.0 Å². The summed E-state index contributed by atoms with van der Waals surface area (Å²) in [4.78, 5) is 11.9.